The monoisotopic (exact) mass is 230 g/mol. The van der Waals surface area contributed by atoms with Gasteiger partial charge in [-0.3, -0.25) is 5.26 Å². The number of unbranched alkanes of at least 4 members (excludes halogenated alkanes) is 1. The summed E-state index contributed by atoms with van der Waals surface area (Å²) in [7, 11) is 0. The molecule has 0 aromatic carbocycles. The number of rotatable bonds is 3. The molecule has 0 aliphatic rings. The summed E-state index contributed by atoms with van der Waals surface area (Å²) < 4.78 is 16.6. The molecule has 0 atom stereocenters. The predicted octanol–water partition coefficient (Wildman–Crippen LogP) is -4.92. The fourth-order valence-corrected chi connectivity index (χ4v) is 0.209. The fourth-order valence-electron chi connectivity index (χ4n) is 0.209. The Bertz CT molecular complexity index is 49.9. The maximum atomic E-state index is 8.29. The molecule has 0 bridgehead atoms. The van der Waals surface area contributed by atoms with E-state index in [4.69, 9.17) is 19.2 Å². The van der Waals surface area contributed by atoms with Gasteiger partial charge >= 0.3 is 59.1 Å². The molecule has 0 saturated carbocycles. The van der Waals surface area contributed by atoms with E-state index in [0.717, 1.165) is 12.8 Å². The molecule has 0 heterocycles. The largest absolute Gasteiger partial charge is 1.00 e. The van der Waals surface area contributed by atoms with E-state index in [1.54, 1.807) is 0 Å². The molecule has 0 rings (SSSR count). The van der Waals surface area contributed by atoms with Gasteiger partial charge in [0.25, 0.3) is 0 Å². The summed E-state index contributed by atoms with van der Waals surface area (Å²) in [6.45, 7) is 4.51. The van der Waals surface area contributed by atoms with Crippen molar-refractivity contribution in [3.63, 3.8) is 0 Å². The van der Waals surface area contributed by atoms with Crippen LogP contribution in [0, 0.1) is 0 Å². The molecule has 13 heavy (non-hydrogen) atoms. The van der Waals surface area contributed by atoms with E-state index in [1.165, 1.54) is 0 Å². The second kappa shape index (κ2) is 48.7. The third kappa shape index (κ3) is 82.5. The first-order valence-corrected chi connectivity index (χ1v) is 3.47. The van der Waals surface area contributed by atoms with Crippen LogP contribution in [0.25, 0.3) is 0 Å². The molecule has 5 nitrogen and oxygen atoms in total. The van der Waals surface area contributed by atoms with Crippen molar-refractivity contribution in [3.05, 3.63) is 0 Å². The van der Waals surface area contributed by atoms with Gasteiger partial charge in [-0.2, -0.15) is 0 Å². The first-order chi connectivity index (χ1) is 5.33. The molecule has 0 aliphatic carbocycles. The Morgan fingerprint density at radius 3 is 1.77 bits per heavy atom. The SMILES string of the molecule is C=O.CCCCOO.[Na+].[Na+].[O-]S[O-]. The number of hydrogen-bond donors (Lipinski definition) is 1. The minimum atomic E-state index is -0.750. The van der Waals surface area contributed by atoms with E-state index in [0.29, 0.717) is 6.61 Å². The Balaban J connectivity index is -0.0000000268. The Labute approximate surface area is 127 Å². The quantitative estimate of drug-likeness (QED) is 0.172. The molecule has 0 spiro atoms. The first-order valence-electron chi connectivity index (χ1n) is 2.80. The molecule has 0 aromatic rings. The summed E-state index contributed by atoms with van der Waals surface area (Å²) in [6, 6.07) is 0. The normalized spacial score (nSPS) is 5.85. The van der Waals surface area contributed by atoms with E-state index < -0.39 is 12.3 Å². The van der Waals surface area contributed by atoms with Crippen molar-refractivity contribution in [1.29, 1.82) is 0 Å². The summed E-state index contributed by atoms with van der Waals surface area (Å²) >= 11 is -0.750. The molecular formula is C5H12Na2O5S. The van der Waals surface area contributed by atoms with Crippen molar-refractivity contribution in [3.8, 4) is 0 Å². The molecule has 0 radical (unpaired) electrons. The Morgan fingerprint density at radius 2 is 1.69 bits per heavy atom. The zero-order valence-corrected chi connectivity index (χ0v) is 13.1. The second-order valence-electron chi connectivity index (χ2n) is 1.25. The van der Waals surface area contributed by atoms with E-state index >= 15 is 0 Å². The smallest absolute Gasteiger partial charge is 0.811 e. The van der Waals surface area contributed by atoms with Crippen molar-refractivity contribution in [1.82, 2.24) is 0 Å². The molecule has 1 N–H and O–H groups in total. The van der Waals surface area contributed by atoms with Crippen LogP contribution in [0.2, 0.25) is 0 Å². The van der Waals surface area contributed by atoms with Gasteiger partial charge < -0.3 is 26.2 Å². The van der Waals surface area contributed by atoms with Gasteiger partial charge in [-0.05, 0) is 6.42 Å². The van der Waals surface area contributed by atoms with Crippen LogP contribution in [0.5, 0.6) is 0 Å². The molecule has 0 aliphatic heterocycles. The molecule has 8 heteroatoms. The van der Waals surface area contributed by atoms with Gasteiger partial charge in [-0.1, -0.05) is 13.3 Å². The van der Waals surface area contributed by atoms with Gasteiger partial charge in [0.15, 0.2) is 0 Å². The van der Waals surface area contributed by atoms with Gasteiger partial charge in [0.2, 0.25) is 0 Å². The molecule has 70 valence electrons. The van der Waals surface area contributed by atoms with Crippen molar-refractivity contribution in [2.45, 2.75) is 19.8 Å². The first kappa shape index (κ1) is 29.4. The Hall–Kier alpha value is 1.86. The Morgan fingerprint density at radius 1 is 1.38 bits per heavy atom. The van der Waals surface area contributed by atoms with Gasteiger partial charge in [0.1, 0.15) is 6.79 Å². The zero-order chi connectivity index (χ0) is 9.54. The van der Waals surface area contributed by atoms with Crippen LogP contribution in [0.3, 0.4) is 0 Å². The fraction of sp³-hybridized carbons (Fsp3) is 0.800. The summed E-state index contributed by atoms with van der Waals surface area (Å²) in [6.07, 6.45) is 2.01. The predicted molar refractivity (Wildman–Crippen MR) is 39.8 cm³/mol. The summed E-state index contributed by atoms with van der Waals surface area (Å²) in [5.41, 5.74) is 0. The van der Waals surface area contributed by atoms with Crippen LogP contribution in [0.15, 0.2) is 0 Å². The van der Waals surface area contributed by atoms with Gasteiger partial charge in [0.05, 0.1) is 6.61 Å². The average molecular weight is 230 g/mol. The molecule has 0 fully saturated rings. The molecule has 0 unspecified atom stereocenters. The van der Waals surface area contributed by atoms with Gasteiger partial charge in [-0.25, -0.2) is 4.89 Å². The summed E-state index contributed by atoms with van der Waals surface area (Å²) in [4.78, 5) is 11.8. The maximum absolute atomic E-state index is 8.29. The van der Waals surface area contributed by atoms with Crippen LogP contribution < -0.4 is 59.1 Å². The molecule has 0 saturated heterocycles. The summed E-state index contributed by atoms with van der Waals surface area (Å²) in [5, 5.41) is 7.70. The average Bonchev–Trinajstić information content (AvgIpc) is 2.06. The number of carbonyl (C=O) groups is 1. The molecule has 0 aromatic heterocycles. The topological polar surface area (TPSA) is 92.7 Å². The van der Waals surface area contributed by atoms with Crippen LogP contribution in [0.4, 0.5) is 0 Å². The third-order valence-corrected chi connectivity index (χ3v) is 0.589. The molecule has 0 amide bonds. The van der Waals surface area contributed by atoms with Crippen molar-refractivity contribution < 1.29 is 83.2 Å². The van der Waals surface area contributed by atoms with Crippen LogP contribution in [0.1, 0.15) is 19.8 Å². The van der Waals surface area contributed by atoms with E-state index in [1.807, 2.05) is 13.7 Å². The van der Waals surface area contributed by atoms with Crippen LogP contribution >= 0.6 is 12.3 Å². The van der Waals surface area contributed by atoms with Crippen molar-refractivity contribution in [2.24, 2.45) is 0 Å². The number of carbonyl (C=O) groups excluding carboxylic acids is 1. The van der Waals surface area contributed by atoms with Crippen LogP contribution in [-0.4, -0.2) is 27.8 Å². The molecular weight excluding hydrogens is 218 g/mol. The standard InChI is InChI=1S/C4H10O2.CH2O.2Na.H2O2S/c1-2-3-4-6-5;1-2;;;1-3-2/h5H,2-4H2,1H3;1H2;;;1-2H/q;;2*+1;/p-2. The Kier molecular flexibility index (Phi) is 110. The minimum absolute atomic E-state index is 0. The second-order valence-corrected chi connectivity index (χ2v) is 1.39. The van der Waals surface area contributed by atoms with Crippen molar-refractivity contribution in [2.75, 3.05) is 6.61 Å². The van der Waals surface area contributed by atoms with E-state index in [2.05, 4.69) is 4.89 Å². The van der Waals surface area contributed by atoms with Gasteiger partial charge in [0, 0.05) is 0 Å². The minimum Gasteiger partial charge on any atom is -0.811 e. The number of hydrogen-bond acceptors (Lipinski definition) is 6. The zero-order valence-electron chi connectivity index (χ0n) is 8.32. The van der Waals surface area contributed by atoms with Crippen LogP contribution in [-0.2, 0) is 9.68 Å². The van der Waals surface area contributed by atoms with Crippen molar-refractivity contribution >= 4 is 19.1 Å². The van der Waals surface area contributed by atoms with E-state index in [9.17, 15) is 0 Å². The maximum Gasteiger partial charge on any atom is 1.00 e. The third-order valence-electron chi connectivity index (χ3n) is 0.589. The summed E-state index contributed by atoms with van der Waals surface area (Å²) in [5.74, 6) is 0. The van der Waals surface area contributed by atoms with Gasteiger partial charge in [-0.15, -0.1) is 0 Å². The van der Waals surface area contributed by atoms with E-state index in [-0.39, 0.29) is 59.1 Å².